The van der Waals surface area contributed by atoms with Crippen molar-refractivity contribution < 1.29 is 9.84 Å². The van der Waals surface area contributed by atoms with Gasteiger partial charge in [0.15, 0.2) is 0 Å². The number of aliphatic hydroxyl groups is 1. The molecule has 118 valence electrons. The highest BCUT2D eigenvalue weighted by Crippen LogP contribution is 2.34. The van der Waals surface area contributed by atoms with Gasteiger partial charge in [0.25, 0.3) is 0 Å². The molecule has 4 heteroatoms. The molecule has 1 saturated heterocycles. The Morgan fingerprint density at radius 2 is 2.00 bits per heavy atom. The molecule has 1 aliphatic carbocycles. The molecule has 0 unspecified atom stereocenters. The third-order valence-electron chi connectivity index (χ3n) is 4.96. The fourth-order valence-electron chi connectivity index (χ4n) is 3.32. The minimum Gasteiger partial charge on any atom is -0.395 e. The summed E-state index contributed by atoms with van der Waals surface area (Å²) in [5.41, 5.74) is 0.327. The van der Waals surface area contributed by atoms with Gasteiger partial charge in [-0.05, 0) is 31.1 Å². The molecule has 0 spiro atoms. The van der Waals surface area contributed by atoms with Crippen molar-refractivity contribution in [2.24, 2.45) is 5.41 Å². The quantitative estimate of drug-likeness (QED) is 0.711. The summed E-state index contributed by atoms with van der Waals surface area (Å²) in [4.78, 5) is 2.54. The average Bonchev–Trinajstić information content (AvgIpc) is 2.36. The lowest BCUT2D eigenvalue weighted by Crippen LogP contribution is -2.53. The number of aliphatic hydroxyl groups excluding tert-OH is 1. The predicted octanol–water partition coefficient (Wildman–Crippen LogP) is 1.63. The van der Waals surface area contributed by atoms with Crippen molar-refractivity contribution in [1.29, 1.82) is 0 Å². The highest BCUT2D eigenvalue weighted by molar-refractivity contribution is 4.91. The van der Waals surface area contributed by atoms with Crippen LogP contribution in [0.4, 0.5) is 0 Å². The second-order valence-corrected chi connectivity index (χ2v) is 6.93. The van der Waals surface area contributed by atoms with Gasteiger partial charge in [-0.3, -0.25) is 4.90 Å². The zero-order valence-corrected chi connectivity index (χ0v) is 13.2. The van der Waals surface area contributed by atoms with Gasteiger partial charge < -0.3 is 15.2 Å². The van der Waals surface area contributed by atoms with Crippen molar-refractivity contribution in [2.45, 2.75) is 58.0 Å². The molecule has 20 heavy (non-hydrogen) atoms. The Morgan fingerprint density at radius 1 is 1.30 bits per heavy atom. The van der Waals surface area contributed by atoms with Gasteiger partial charge in [0.2, 0.25) is 0 Å². The Labute approximate surface area is 123 Å². The summed E-state index contributed by atoms with van der Waals surface area (Å²) in [5, 5.41) is 13.0. The van der Waals surface area contributed by atoms with Gasteiger partial charge >= 0.3 is 0 Å². The van der Waals surface area contributed by atoms with Crippen molar-refractivity contribution >= 4 is 0 Å². The molecule has 2 aliphatic rings. The Balaban J connectivity index is 1.96. The highest BCUT2D eigenvalue weighted by Gasteiger charge is 2.37. The summed E-state index contributed by atoms with van der Waals surface area (Å²) in [6.45, 7) is 9.49. The summed E-state index contributed by atoms with van der Waals surface area (Å²) in [5.74, 6) is 0. The smallest absolute Gasteiger partial charge is 0.0558 e. The van der Waals surface area contributed by atoms with E-state index in [1.807, 2.05) is 0 Å². The number of hydrogen-bond donors (Lipinski definition) is 2. The van der Waals surface area contributed by atoms with Gasteiger partial charge in [0.05, 0.1) is 6.61 Å². The first-order valence-electron chi connectivity index (χ1n) is 8.31. The van der Waals surface area contributed by atoms with Crippen LogP contribution >= 0.6 is 0 Å². The van der Waals surface area contributed by atoms with E-state index in [-0.39, 0.29) is 6.61 Å². The number of hydrogen-bond acceptors (Lipinski definition) is 4. The first kappa shape index (κ1) is 16.2. The zero-order chi connectivity index (χ0) is 14.4. The van der Waals surface area contributed by atoms with E-state index in [9.17, 15) is 5.11 Å². The topological polar surface area (TPSA) is 44.7 Å². The number of nitrogens with one attached hydrogen (secondary N) is 1. The summed E-state index contributed by atoms with van der Waals surface area (Å²) in [7, 11) is 0. The molecule has 2 fully saturated rings. The maximum absolute atomic E-state index is 9.35. The summed E-state index contributed by atoms with van der Waals surface area (Å²) < 4.78 is 5.58. The van der Waals surface area contributed by atoms with Crippen molar-refractivity contribution in [3.8, 4) is 0 Å². The summed E-state index contributed by atoms with van der Waals surface area (Å²) in [6.07, 6.45) is 6.25. The van der Waals surface area contributed by atoms with Crippen LogP contribution in [-0.2, 0) is 4.74 Å². The first-order valence-corrected chi connectivity index (χ1v) is 8.31. The van der Waals surface area contributed by atoms with Crippen LogP contribution < -0.4 is 5.32 Å². The van der Waals surface area contributed by atoms with Crippen molar-refractivity contribution in [2.75, 3.05) is 39.5 Å². The molecule has 2 rings (SSSR count). The third-order valence-corrected chi connectivity index (χ3v) is 4.96. The molecule has 0 atom stereocenters. The largest absolute Gasteiger partial charge is 0.395 e. The van der Waals surface area contributed by atoms with Crippen molar-refractivity contribution in [3.63, 3.8) is 0 Å². The molecule has 0 radical (unpaired) electrons. The Bertz CT molecular complexity index is 274. The average molecular weight is 284 g/mol. The van der Waals surface area contributed by atoms with Gasteiger partial charge in [0.1, 0.15) is 0 Å². The minimum atomic E-state index is 0.278. The zero-order valence-electron chi connectivity index (χ0n) is 13.2. The SMILES string of the molecule is CC(C)NCC1(CN(CCO)C2CCC2)CCOCC1. The van der Waals surface area contributed by atoms with E-state index < -0.39 is 0 Å². The number of rotatable bonds is 8. The lowest BCUT2D eigenvalue weighted by Gasteiger charge is -2.46. The monoisotopic (exact) mass is 284 g/mol. The number of ether oxygens (including phenoxy) is 1. The lowest BCUT2D eigenvalue weighted by molar-refractivity contribution is -0.0238. The van der Waals surface area contributed by atoms with Crippen LogP contribution in [0.5, 0.6) is 0 Å². The van der Waals surface area contributed by atoms with Crippen LogP contribution in [0.1, 0.15) is 46.0 Å². The van der Waals surface area contributed by atoms with Gasteiger partial charge in [-0.15, -0.1) is 0 Å². The predicted molar refractivity (Wildman–Crippen MR) is 81.9 cm³/mol. The maximum atomic E-state index is 9.35. The van der Waals surface area contributed by atoms with Crippen LogP contribution in [0, 0.1) is 5.41 Å². The van der Waals surface area contributed by atoms with E-state index in [2.05, 4.69) is 24.1 Å². The maximum Gasteiger partial charge on any atom is 0.0558 e. The van der Waals surface area contributed by atoms with E-state index in [1.165, 1.54) is 19.3 Å². The molecule has 0 aromatic carbocycles. The Kier molecular flexibility index (Phi) is 6.27. The summed E-state index contributed by atoms with van der Waals surface area (Å²) in [6, 6.07) is 1.24. The molecule has 1 saturated carbocycles. The lowest BCUT2D eigenvalue weighted by atomic mass is 9.78. The van der Waals surface area contributed by atoms with Gasteiger partial charge in [-0.2, -0.15) is 0 Å². The molecule has 4 nitrogen and oxygen atoms in total. The van der Waals surface area contributed by atoms with E-state index in [0.717, 1.165) is 45.7 Å². The van der Waals surface area contributed by atoms with Crippen LogP contribution in [0.15, 0.2) is 0 Å². The highest BCUT2D eigenvalue weighted by atomic mass is 16.5. The van der Waals surface area contributed by atoms with Crippen LogP contribution in [-0.4, -0.2) is 61.5 Å². The minimum absolute atomic E-state index is 0.278. The Morgan fingerprint density at radius 3 is 2.50 bits per heavy atom. The fraction of sp³-hybridized carbons (Fsp3) is 1.00. The molecule has 0 aromatic rings. The standard InChI is InChI=1S/C16H32N2O2/c1-14(2)17-12-16(6-10-20-11-7-16)13-18(8-9-19)15-4-3-5-15/h14-15,17,19H,3-13H2,1-2H3. The fourth-order valence-corrected chi connectivity index (χ4v) is 3.32. The van der Waals surface area contributed by atoms with Crippen LogP contribution in [0.3, 0.4) is 0 Å². The van der Waals surface area contributed by atoms with Gasteiger partial charge in [-0.1, -0.05) is 20.3 Å². The third kappa shape index (κ3) is 4.42. The van der Waals surface area contributed by atoms with Crippen LogP contribution in [0.25, 0.3) is 0 Å². The molecule has 1 heterocycles. The van der Waals surface area contributed by atoms with Gasteiger partial charge in [0, 0.05) is 44.9 Å². The van der Waals surface area contributed by atoms with E-state index in [1.54, 1.807) is 0 Å². The molecule has 1 aliphatic heterocycles. The Hall–Kier alpha value is -0.160. The van der Waals surface area contributed by atoms with Gasteiger partial charge in [-0.25, -0.2) is 0 Å². The molecule has 0 aromatic heterocycles. The molecule has 0 amide bonds. The van der Waals surface area contributed by atoms with E-state index in [4.69, 9.17) is 4.74 Å². The summed E-state index contributed by atoms with van der Waals surface area (Å²) >= 11 is 0. The number of nitrogens with zero attached hydrogens (tertiary/aromatic N) is 1. The van der Waals surface area contributed by atoms with Crippen molar-refractivity contribution in [1.82, 2.24) is 10.2 Å². The molecular formula is C16H32N2O2. The van der Waals surface area contributed by atoms with Crippen molar-refractivity contribution in [3.05, 3.63) is 0 Å². The second-order valence-electron chi connectivity index (χ2n) is 6.93. The van der Waals surface area contributed by atoms with Crippen LogP contribution in [0.2, 0.25) is 0 Å². The first-order chi connectivity index (χ1) is 9.65. The van der Waals surface area contributed by atoms with E-state index in [0.29, 0.717) is 17.5 Å². The molecule has 0 bridgehead atoms. The molecular weight excluding hydrogens is 252 g/mol. The van der Waals surface area contributed by atoms with E-state index >= 15 is 0 Å². The molecule has 2 N–H and O–H groups in total. The second kappa shape index (κ2) is 7.74. The normalized spacial score (nSPS) is 23.2.